The molecule has 0 aromatic carbocycles. The van der Waals surface area contributed by atoms with Crippen molar-refractivity contribution >= 4 is 0 Å². The molecule has 1 fully saturated rings. The molecule has 1 unspecified atom stereocenters. The van der Waals surface area contributed by atoms with Gasteiger partial charge >= 0.3 is 0 Å². The van der Waals surface area contributed by atoms with E-state index in [2.05, 4.69) is 13.8 Å². The fraction of sp³-hybridized carbons (Fsp3) is 1.00. The summed E-state index contributed by atoms with van der Waals surface area (Å²) in [5.74, 6) is -0.804. The van der Waals surface area contributed by atoms with Crippen molar-refractivity contribution in [3.05, 3.63) is 0 Å². The Kier molecular flexibility index (Phi) is 4.52. The van der Waals surface area contributed by atoms with Gasteiger partial charge in [-0.05, 0) is 19.8 Å². The zero-order valence-corrected chi connectivity index (χ0v) is 10.3. The van der Waals surface area contributed by atoms with Gasteiger partial charge in [0.2, 0.25) is 12.1 Å². The van der Waals surface area contributed by atoms with Crippen molar-refractivity contribution in [3.8, 4) is 0 Å². The Hall–Kier alpha value is -0.160. The van der Waals surface area contributed by atoms with Crippen LogP contribution in [0.4, 0.5) is 0 Å². The van der Waals surface area contributed by atoms with E-state index in [1.807, 2.05) is 6.92 Å². The van der Waals surface area contributed by atoms with Crippen LogP contribution in [0.5, 0.6) is 0 Å². The van der Waals surface area contributed by atoms with Crippen molar-refractivity contribution < 1.29 is 18.9 Å². The van der Waals surface area contributed by atoms with E-state index in [0.29, 0.717) is 0 Å². The molecule has 4 heteroatoms. The first-order chi connectivity index (χ1) is 7.11. The molecule has 0 saturated carbocycles. The fourth-order valence-corrected chi connectivity index (χ4v) is 1.92. The minimum Gasteiger partial charge on any atom is -0.351 e. The second kappa shape index (κ2) is 5.25. The Morgan fingerprint density at radius 3 is 2.13 bits per heavy atom. The molecule has 0 N–H and O–H groups in total. The zero-order valence-electron chi connectivity index (χ0n) is 10.3. The quantitative estimate of drug-likeness (QED) is 0.722. The average molecular weight is 218 g/mol. The summed E-state index contributed by atoms with van der Waals surface area (Å²) in [7, 11) is 3.21. The molecule has 0 aromatic rings. The molecular formula is C11H22O4. The van der Waals surface area contributed by atoms with E-state index in [1.54, 1.807) is 14.2 Å². The van der Waals surface area contributed by atoms with Gasteiger partial charge in [0.05, 0.1) is 12.2 Å². The Bertz CT molecular complexity index is 197. The first kappa shape index (κ1) is 12.9. The molecule has 0 radical (unpaired) electrons. The monoisotopic (exact) mass is 218 g/mol. The smallest absolute Gasteiger partial charge is 0.217 e. The third kappa shape index (κ3) is 2.50. The molecule has 0 amide bonds. The number of ether oxygens (including phenoxy) is 4. The van der Waals surface area contributed by atoms with Gasteiger partial charge in [0, 0.05) is 14.2 Å². The van der Waals surface area contributed by atoms with Crippen LogP contribution in [0.1, 0.15) is 33.6 Å². The lowest BCUT2D eigenvalue weighted by molar-refractivity contribution is -0.401. The van der Waals surface area contributed by atoms with Crippen molar-refractivity contribution in [2.45, 2.75) is 57.9 Å². The van der Waals surface area contributed by atoms with Crippen LogP contribution in [-0.2, 0) is 18.9 Å². The zero-order chi connectivity index (χ0) is 11.5. The predicted molar refractivity (Wildman–Crippen MR) is 56.5 cm³/mol. The third-order valence-electron chi connectivity index (χ3n) is 2.95. The van der Waals surface area contributed by atoms with Crippen LogP contribution in [0.25, 0.3) is 0 Å². The van der Waals surface area contributed by atoms with Gasteiger partial charge in [0.25, 0.3) is 0 Å². The van der Waals surface area contributed by atoms with Crippen LogP contribution in [0.15, 0.2) is 0 Å². The molecule has 0 spiro atoms. The Morgan fingerprint density at radius 2 is 1.73 bits per heavy atom. The second-order valence-corrected chi connectivity index (χ2v) is 3.94. The summed E-state index contributed by atoms with van der Waals surface area (Å²) in [5.41, 5.74) is 0. The Labute approximate surface area is 91.8 Å². The molecule has 0 bridgehead atoms. The maximum Gasteiger partial charge on any atom is 0.217 e. The minimum absolute atomic E-state index is 0.0753. The van der Waals surface area contributed by atoms with Gasteiger partial charge in [-0.25, -0.2) is 0 Å². The Morgan fingerprint density at radius 1 is 1.13 bits per heavy atom. The summed E-state index contributed by atoms with van der Waals surface area (Å²) in [5, 5.41) is 0. The van der Waals surface area contributed by atoms with Gasteiger partial charge in [-0.3, -0.25) is 0 Å². The van der Waals surface area contributed by atoms with Gasteiger partial charge < -0.3 is 18.9 Å². The number of methoxy groups -OCH3 is 2. The maximum absolute atomic E-state index is 5.91. The predicted octanol–water partition coefficient (Wildman–Crippen LogP) is 1.93. The third-order valence-corrected chi connectivity index (χ3v) is 2.95. The van der Waals surface area contributed by atoms with Crippen molar-refractivity contribution in [2.24, 2.45) is 0 Å². The van der Waals surface area contributed by atoms with Gasteiger partial charge in [0.1, 0.15) is 0 Å². The van der Waals surface area contributed by atoms with Crippen LogP contribution in [0.3, 0.4) is 0 Å². The fourth-order valence-electron chi connectivity index (χ4n) is 1.92. The lowest BCUT2D eigenvalue weighted by Gasteiger charge is -2.45. The summed E-state index contributed by atoms with van der Waals surface area (Å²) < 4.78 is 22.3. The summed E-state index contributed by atoms with van der Waals surface area (Å²) in [6, 6.07) is 0. The van der Waals surface area contributed by atoms with E-state index < -0.39 is 12.1 Å². The minimum atomic E-state index is -0.804. The Balaban J connectivity index is 2.77. The molecule has 1 saturated heterocycles. The normalized spacial score (nSPS) is 41.8. The number of hydrogen-bond acceptors (Lipinski definition) is 4. The van der Waals surface area contributed by atoms with Crippen LogP contribution in [0.2, 0.25) is 0 Å². The van der Waals surface area contributed by atoms with Gasteiger partial charge in [-0.1, -0.05) is 13.8 Å². The van der Waals surface area contributed by atoms with E-state index in [0.717, 1.165) is 12.8 Å². The van der Waals surface area contributed by atoms with Crippen molar-refractivity contribution in [3.63, 3.8) is 0 Å². The molecule has 0 aliphatic carbocycles. The highest BCUT2D eigenvalue weighted by Crippen LogP contribution is 2.32. The lowest BCUT2D eigenvalue weighted by atomic mass is 10.1. The van der Waals surface area contributed by atoms with E-state index in [1.165, 1.54) is 0 Å². The van der Waals surface area contributed by atoms with Gasteiger partial charge in [0.15, 0.2) is 0 Å². The molecule has 4 nitrogen and oxygen atoms in total. The van der Waals surface area contributed by atoms with Crippen molar-refractivity contribution in [2.75, 3.05) is 14.2 Å². The van der Waals surface area contributed by atoms with Crippen LogP contribution >= 0.6 is 0 Å². The molecular weight excluding hydrogens is 196 g/mol. The lowest BCUT2D eigenvalue weighted by Crippen LogP contribution is -2.57. The van der Waals surface area contributed by atoms with Crippen LogP contribution < -0.4 is 0 Å². The SMILES string of the molecule is CC[C@@H]1OC(OC)[C@](C)(OC)O[C@H]1CC. The van der Waals surface area contributed by atoms with Crippen molar-refractivity contribution in [1.29, 1.82) is 0 Å². The average Bonchev–Trinajstić information content (AvgIpc) is 2.28. The molecule has 1 aliphatic heterocycles. The molecule has 90 valence electrons. The summed E-state index contributed by atoms with van der Waals surface area (Å²) in [4.78, 5) is 0. The first-order valence-electron chi connectivity index (χ1n) is 5.52. The van der Waals surface area contributed by atoms with E-state index in [4.69, 9.17) is 18.9 Å². The molecule has 1 rings (SSSR count). The van der Waals surface area contributed by atoms with E-state index >= 15 is 0 Å². The molecule has 1 heterocycles. The number of rotatable bonds is 4. The van der Waals surface area contributed by atoms with Crippen LogP contribution in [-0.4, -0.2) is 38.5 Å². The maximum atomic E-state index is 5.91. The largest absolute Gasteiger partial charge is 0.351 e. The second-order valence-electron chi connectivity index (χ2n) is 3.94. The highest BCUT2D eigenvalue weighted by Gasteiger charge is 2.46. The van der Waals surface area contributed by atoms with Crippen molar-refractivity contribution in [1.82, 2.24) is 0 Å². The summed E-state index contributed by atoms with van der Waals surface area (Å²) >= 11 is 0. The van der Waals surface area contributed by atoms with E-state index in [-0.39, 0.29) is 12.2 Å². The summed E-state index contributed by atoms with van der Waals surface area (Å²) in [6.07, 6.45) is 1.52. The molecule has 15 heavy (non-hydrogen) atoms. The highest BCUT2D eigenvalue weighted by molar-refractivity contribution is 4.82. The topological polar surface area (TPSA) is 36.9 Å². The van der Waals surface area contributed by atoms with E-state index in [9.17, 15) is 0 Å². The highest BCUT2D eigenvalue weighted by atomic mass is 16.8. The molecule has 4 atom stereocenters. The van der Waals surface area contributed by atoms with Gasteiger partial charge in [-0.15, -0.1) is 0 Å². The summed E-state index contributed by atoms with van der Waals surface area (Å²) in [6.45, 7) is 6.01. The molecule has 1 aliphatic rings. The van der Waals surface area contributed by atoms with Gasteiger partial charge in [-0.2, -0.15) is 0 Å². The number of hydrogen-bond donors (Lipinski definition) is 0. The standard InChI is InChI=1S/C11H22O4/c1-6-8-9(7-2)15-11(3,13-5)10(12-4)14-8/h8-10H,6-7H2,1-5H3/t8-,9-,10?,11+/m0/s1. The molecule has 0 aromatic heterocycles. The first-order valence-corrected chi connectivity index (χ1v) is 5.52. The van der Waals surface area contributed by atoms with Crippen LogP contribution in [0, 0.1) is 0 Å².